The number of ether oxygens (including phenoxy) is 1. The van der Waals surface area contributed by atoms with Gasteiger partial charge in [-0.05, 0) is 67.8 Å². The topological polar surface area (TPSA) is 97.0 Å². The van der Waals surface area contributed by atoms with E-state index in [-0.39, 0.29) is 17.9 Å². The Morgan fingerprint density at radius 2 is 1.45 bits per heavy atom. The van der Waals surface area contributed by atoms with Gasteiger partial charge in [0.25, 0.3) is 0 Å². The molecule has 0 amide bonds. The summed E-state index contributed by atoms with van der Waals surface area (Å²) in [5.41, 5.74) is 0.587. The number of anilines is 1. The quantitative estimate of drug-likeness (QED) is 0.314. The van der Waals surface area contributed by atoms with E-state index >= 15 is 0 Å². The Kier molecular flexibility index (Phi) is 19.0. The fourth-order valence-corrected chi connectivity index (χ4v) is 3.23. The van der Waals surface area contributed by atoms with Crippen molar-refractivity contribution in [2.45, 2.75) is 54.3 Å². The average molecular weight is 568 g/mol. The molecule has 222 valence electrons. The van der Waals surface area contributed by atoms with Crippen molar-refractivity contribution >= 4 is 25.2 Å². The number of carboxylic acid groups (broad SMARTS) is 1. The fraction of sp³-hybridized carbons (Fsp3) is 0.367. The van der Waals surface area contributed by atoms with E-state index in [9.17, 15) is 18.0 Å². The zero-order chi connectivity index (χ0) is 31.5. The van der Waals surface area contributed by atoms with Crippen molar-refractivity contribution in [2.75, 3.05) is 18.5 Å². The Hall–Kier alpha value is -4.08. The maximum atomic E-state index is 13.1. The first-order valence-corrected chi connectivity index (χ1v) is 12.3. The third-order valence-electron chi connectivity index (χ3n) is 4.81. The number of halogens is 3. The lowest BCUT2D eigenvalue weighted by atomic mass is 10.1. The van der Waals surface area contributed by atoms with Gasteiger partial charge in [-0.25, -0.2) is 4.79 Å². The van der Waals surface area contributed by atoms with Crippen LogP contribution >= 0.6 is 0 Å². The number of aryl methyl sites for hydroxylation is 2. The molecule has 0 bridgehead atoms. The van der Waals surface area contributed by atoms with Gasteiger partial charge in [-0.1, -0.05) is 39.8 Å². The molecule has 0 aliphatic rings. The number of furan rings is 1. The van der Waals surface area contributed by atoms with E-state index in [4.69, 9.17) is 23.8 Å². The van der Waals surface area contributed by atoms with Gasteiger partial charge in [0.15, 0.2) is 0 Å². The smallest absolute Gasteiger partial charge is 0.416 e. The van der Waals surface area contributed by atoms with Gasteiger partial charge in [0.1, 0.15) is 37.5 Å². The highest BCUT2D eigenvalue weighted by molar-refractivity contribution is 5.87. The van der Waals surface area contributed by atoms with Crippen LogP contribution in [0.3, 0.4) is 0 Å². The lowest BCUT2D eigenvalue weighted by Gasteiger charge is -2.25. The van der Waals surface area contributed by atoms with Crippen molar-refractivity contribution in [2.24, 2.45) is 5.92 Å². The second-order valence-corrected chi connectivity index (χ2v) is 8.40. The maximum Gasteiger partial charge on any atom is 0.416 e. The van der Waals surface area contributed by atoms with Gasteiger partial charge in [0.2, 0.25) is 0 Å². The van der Waals surface area contributed by atoms with E-state index in [2.05, 4.69) is 0 Å². The number of carbonyl (C=O) groups excluding carboxylic acids is 2. The predicted molar refractivity (Wildman–Crippen MR) is 151 cm³/mol. The first-order valence-electron chi connectivity index (χ1n) is 12.3. The molecule has 0 radical (unpaired) electrons. The molecule has 0 fully saturated rings. The van der Waals surface area contributed by atoms with Crippen LogP contribution in [0, 0.1) is 19.8 Å². The minimum atomic E-state index is -4.46. The molecule has 0 atom stereocenters. The molecule has 1 N–H and O–H groups in total. The van der Waals surface area contributed by atoms with Crippen molar-refractivity contribution in [3.63, 3.8) is 0 Å². The first kappa shape index (κ1) is 38.1. The minimum Gasteiger partial charge on any atom is -0.487 e. The highest BCUT2D eigenvalue weighted by Crippen LogP contribution is 2.37. The van der Waals surface area contributed by atoms with Crippen molar-refractivity contribution < 1.29 is 41.8 Å². The molecule has 10 heteroatoms. The Balaban J connectivity index is 0. The Labute approximate surface area is 234 Å². The van der Waals surface area contributed by atoms with E-state index in [0.29, 0.717) is 23.7 Å². The van der Waals surface area contributed by atoms with E-state index in [0.717, 1.165) is 23.7 Å². The number of hydrogen-bond acceptors (Lipinski definition) is 6. The van der Waals surface area contributed by atoms with Crippen LogP contribution in [0.2, 0.25) is 0 Å². The average Bonchev–Trinajstić information content (AvgIpc) is 3.32. The number of hydrogen-bond donors (Lipinski definition) is 1. The molecule has 0 unspecified atom stereocenters. The monoisotopic (exact) mass is 567 g/mol. The van der Waals surface area contributed by atoms with E-state index in [1.54, 1.807) is 19.2 Å². The maximum absolute atomic E-state index is 13.1. The van der Waals surface area contributed by atoms with Crippen LogP contribution in [0.1, 0.15) is 60.7 Å². The summed E-state index contributed by atoms with van der Waals surface area (Å²) >= 11 is 0. The molecule has 0 spiro atoms. The van der Waals surface area contributed by atoms with Gasteiger partial charge in [-0.2, -0.15) is 13.2 Å². The molecule has 0 aliphatic carbocycles. The summed E-state index contributed by atoms with van der Waals surface area (Å²) in [5, 5.41) is 8.92. The normalized spacial score (nSPS) is 9.78. The lowest BCUT2D eigenvalue weighted by Crippen LogP contribution is -2.23. The minimum absolute atomic E-state index is 0.0315. The van der Waals surface area contributed by atoms with Crippen LogP contribution < -0.4 is 9.64 Å². The zero-order valence-electron chi connectivity index (χ0n) is 24.2. The Morgan fingerprint density at radius 3 is 1.82 bits per heavy atom. The molecule has 3 rings (SSSR count). The van der Waals surface area contributed by atoms with Crippen LogP contribution in [0.5, 0.6) is 5.75 Å². The Morgan fingerprint density at radius 1 is 0.950 bits per heavy atom. The SMILES string of the molecule is C=O.C=O.CC.CC(C)CN(C)c1ccc(C(F)(F)F)cc1OCc1ccc(C(=O)O)cc1.Cc1ccc(C)o1. The van der Waals surface area contributed by atoms with Gasteiger partial charge in [0.05, 0.1) is 16.8 Å². The highest BCUT2D eigenvalue weighted by Gasteiger charge is 2.31. The summed E-state index contributed by atoms with van der Waals surface area (Å²) < 4.78 is 50.0. The largest absolute Gasteiger partial charge is 0.487 e. The van der Waals surface area contributed by atoms with E-state index in [1.807, 2.05) is 72.2 Å². The highest BCUT2D eigenvalue weighted by atomic mass is 19.4. The lowest BCUT2D eigenvalue weighted by molar-refractivity contribution is -0.137. The van der Waals surface area contributed by atoms with Crippen LogP contribution in [0.25, 0.3) is 0 Å². The molecule has 0 aliphatic heterocycles. The molecule has 1 aromatic heterocycles. The van der Waals surface area contributed by atoms with Crippen LogP contribution in [-0.4, -0.2) is 38.2 Å². The molecule has 0 saturated carbocycles. The standard InChI is InChI=1S/C20H22F3NO3.C6H8O.C2H6.2CH2O/c1-13(2)11-24(3)17-9-8-16(20(21,22)23)10-18(17)27-12-14-4-6-15(7-5-14)19(25)26;1-5-3-4-6(2)7-5;3*1-2/h4-10,13H,11-12H2,1-3H3,(H,25,26);3-4H,1-2H3;1-2H3;2*1H2. The van der Waals surface area contributed by atoms with Crippen molar-refractivity contribution in [1.29, 1.82) is 0 Å². The van der Waals surface area contributed by atoms with Crippen molar-refractivity contribution in [3.05, 3.63) is 82.8 Å². The number of benzene rings is 2. The van der Waals surface area contributed by atoms with Crippen LogP contribution in [0.15, 0.2) is 59.0 Å². The summed E-state index contributed by atoms with van der Waals surface area (Å²) in [6, 6.07) is 13.4. The van der Waals surface area contributed by atoms with Gasteiger partial charge in [-0.3, -0.25) is 0 Å². The van der Waals surface area contributed by atoms with Gasteiger partial charge in [0, 0.05) is 13.6 Å². The predicted octanol–water partition coefficient (Wildman–Crippen LogP) is 7.63. The molecule has 2 aromatic carbocycles. The Bertz CT molecular complexity index is 1090. The second kappa shape index (κ2) is 19.9. The third kappa shape index (κ3) is 14.2. The molecule has 7 nitrogen and oxygen atoms in total. The van der Waals surface area contributed by atoms with Crippen molar-refractivity contribution in [3.8, 4) is 5.75 Å². The summed E-state index contributed by atoms with van der Waals surface area (Å²) in [4.78, 5) is 28.7. The van der Waals surface area contributed by atoms with Gasteiger partial charge < -0.3 is 28.7 Å². The summed E-state index contributed by atoms with van der Waals surface area (Å²) in [5.74, 6) is 1.39. The molecule has 0 saturated heterocycles. The number of rotatable bonds is 7. The fourth-order valence-electron chi connectivity index (χ4n) is 3.23. The van der Waals surface area contributed by atoms with Crippen LogP contribution in [0.4, 0.5) is 18.9 Å². The van der Waals surface area contributed by atoms with E-state index in [1.165, 1.54) is 18.2 Å². The van der Waals surface area contributed by atoms with Crippen molar-refractivity contribution in [1.82, 2.24) is 0 Å². The molecular weight excluding hydrogens is 527 g/mol. The molecule has 40 heavy (non-hydrogen) atoms. The van der Waals surface area contributed by atoms with Gasteiger partial charge >= 0.3 is 12.1 Å². The summed E-state index contributed by atoms with van der Waals surface area (Å²) in [6.45, 7) is 16.6. The van der Waals surface area contributed by atoms with E-state index < -0.39 is 17.7 Å². The first-order chi connectivity index (χ1) is 18.9. The number of nitrogens with zero attached hydrogens (tertiary/aromatic N) is 1. The molecule has 1 heterocycles. The van der Waals surface area contributed by atoms with Crippen LogP contribution in [-0.2, 0) is 22.4 Å². The zero-order valence-corrected chi connectivity index (χ0v) is 24.2. The molecular formula is C30H40F3NO6. The third-order valence-corrected chi connectivity index (χ3v) is 4.81. The summed E-state index contributed by atoms with van der Waals surface area (Å²) in [6.07, 6.45) is -4.46. The number of carboxylic acids is 1. The number of aromatic carboxylic acids is 1. The van der Waals surface area contributed by atoms with Gasteiger partial charge in [-0.15, -0.1) is 0 Å². The summed E-state index contributed by atoms with van der Waals surface area (Å²) in [7, 11) is 1.80. The second-order valence-electron chi connectivity index (χ2n) is 8.40. The molecule has 3 aromatic rings. The number of carbonyl (C=O) groups is 3. The number of alkyl halides is 3.